The van der Waals surface area contributed by atoms with Crippen LogP contribution >= 0.6 is 15.9 Å². The van der Waals surface area contributed by atoms with Crippen LogP contribution in [0.1, 0.15) is 29.8 Å². The Labute approximate surface area is 116 Å². The van der Waals surface area contributed by atoms with Crippen LogP contribution in [0.25, 0.3) is 5.69 Å². The highest BCUT2D eigenvalue weighted by Gasteiger charge is 2.17. The second kappa shape index (κ2) is 5.24. The first-order valence-electron chi connectivity index (χ1n) is 6.06. The van der Waals surface area contributed by atoms with Crippen molar-refractivity contribution in [2.75, 3.05) is 6.54 Å². The average Bonchev–Trinajstić information content (AvgIpc) is 2.65. The largest absolute Gasteiger partial charge is 0.330 e. The molecule has 0 bridgehead atoms. The zero-order valence-corrected chi connectivity index (χ0v) is 12.5. The molecule has 1 aromatic carbocycles. The Balaban J connectivity index is 2.50. The molecule has 2 rings (SSSR count). The van der Waals surface area contributed by atoms with E-state index in [2.05, 4.69) is 47.0 Å². The Kier molecular flexibility index (Phi) is 3.88. The Morgan fingerprint density at radius 3 is 2.44 bits per heavy atom. The average molecular weight is 308 g/mol. The second-order valence-electron chi connectivity index (χ2n) is 4.61. The van der Waals surface area contributed by atoms with Crippen molar-refractivity contribution in [3.05, 3.63) is 45.7 Å². The van der Waals surface area contributed by atoms with E-state index in [1.54, 1.807) is 0 Å². The lowest BCUT2D eigenvalue weighted by atomic mass is 9.99. The molecule has 0 amide bonds. The minimum absolute atomic E-state index is 0.342. The molecule has 96 valence electrons. The van der Waals surface area contributed by atoms with Crippen LogP contribution in [0, 0.1) is 13.8 Å². The highest BCUT2D eigenvalue weighted by atomic mass is 79.9. The highest BCUT2D eigenvalue weighted by molar-refractivity contribution is 9.10. The topological polar surface area (TPSA) is 43.8 Å². The third kappa shape index (κ3) is 2.35. The maximum atomic E-state index is 5.77. The maximum Gasteiger partial charge on any atom is 0.0649 e. The molecule has 0 saturated carbocycles. The van der Waals surface area contributed by atoms with Crippen molar-refractivity contribution in [1.82, 2.24) is 9.78 Å². The minimum atomic E-state index is 0.342. The van der Waals surface area contributed by atoms with Crippen LogP contribution in [-0.4, -0.2) is 16.3 Å². The van der Waals surface area contributed by atoms with E-state index in [9.17, 15) is 0 Å². The quantitative estimate of drug-likeness (QED) is 0.945. The Hall–Kier alpha value is -1.13. The van der Waals surface area contributed by atoms with Crippen molar-refractivity contribution in [2.45, 2.75) is 26.7 Å². The van der Waals surface area contributed by atoms with Crippen LogP contribution in [0.2, 0.25) is 0 Å². The van der Waals surface area contributed by atoms with E-state index < -0.39 is 0 Å². The summed E-state index contributed by atoms with van der Waals surface area (Å²) in [4.78, 5) is 0. The molecule has 18 heavy (non-hydrogen) atoms. The summed E-state index contributed by atoms with van der Waals surface area (Å²) in [7, 11) is 0. The van der Waals surface area contributed by atoms with Crippen molar-refractivity contribution < 1.29 is 0 Å². The molecule has 2 aromatic rings. The van der Waals surface area contributed by atoms with Gasteiger partial charge in [-0.3, -0.25) is 0 Å². The van der Waals surface area contributed by atoms with E-state index in [-0.39, 0.29) is 0 Å². The van der Waals surface area contributed by atoms with E-state index in [4.69, 9.17) is 5.73 Å². The van der Waals surface area contributed by atoms with Gasteiger partial charge in [-0.05, 0) is 50.6 Å². The summed E-state index contributed by atoms with van der Waals surface area (Å²) >= 11 is 3.44. The van der Waals surface area contributed by atoms with E-state index in [0.29, 0.717) is 12.5 Å². The maximum absolute atomic E-state index is 5.77. The van der Waals surface area contributed by atoms with E-state index in [0.717, 1.165) is 15.9 Å². The summed E-state index contributed by atoms with van der Waals surface area (Å²) in [5, 5.41) is 4.62. The first-order chi connectivity index (χ1) is 8.54. The molecule has 1 aromatic heterocycles. The number of benzene rings is 1. The van der Waals surface area contributed by atoms with Gasteiger partial charge in [0.25, 0.3) is 0 Å². The molecule has 2 N–H and O–H groups in total. The van der Waals surface area contributed by atoms with Gasteiger partial charge >= 0.3 is 0 Å². The molecule has 0 radical (unpaired) electrons. The molecule has 0 spiro atoms. The van der Waals surface area contributed by atoms with Gasteiger partial charge in [0.2, 0.25) is 0 Å². The molecule has 1 atom stereocenters. The summed E-state index contributed by atoms with van der Waals surface area (Å²) in [5.74, 6) is 0.342. The van der Waals surface area contributed by atoms with Gasteiger partial charge in [0, 0.05) is 15.7 Å². The Bertz CT molecular complexity index is 543. The van der Waals surface area contributed by atoms with Crippen molar-refractivity contribution >= 4 is 15.9 Å². The standard InChI is InChI=1S/C14H18BrN3/c1-9(8-16)14-10(2)17-18(11(14)3)13-6-4-12(15)5-7-13/h4-7,9H,8,16H2,1-3H3. The smallest absolute Gasteiger partial charge is 0.0649 e. The lowest BCUT2D eigenvalue weighted by Gasteiger charge is -2.10. The zero-order chi connectivity index (χ0) is 13.3. The summed E-state index contributed by atoms with van der Waals surface area (Å²) in [5.41, 5.74) is 10.3. The Morgan fingerprint density at radius 1 is 1.28 bits per heavy atom. The monoisotopic (exact) mass is 307 g/mol. The molecular formula is C14H18BrN3. The van der Waals surface area contributed by atoms with Crippen LogP contribution in [0.4, 0.5) is 0 Å². The van der Waals surface area contributed by atoms with Gasteiger partial charge in [-0.15, -0.1) is 0 Å². The second-order valence-corrected chi connectivity index (χ2v) is 5.53. The molecule has 1 unspecified atom stereocenters. The molecule has 0 saturated heterocycles. The zero-order valence-electron chi connectivity index (χ0n) is 10.9. The van der Waals surface area contributed by atoms with Crippen molar-refractivity contribution in [3.8, 4) is 5.69 Å². The van der Waals surface area contributed by atoms with Crippen molar-refractivity contribution in [3.63, 3.8) is 0 Å². The Morgan fingerprint density at radius 2 is 1.89 bits per heavy atom. The summed E-state index contributed by atoms with van der Waals surface area (Å²) in [6, 6.07) is 8.16. The van der Waals surface area contributed by atoms with E-state index in [1.807, 2.05) is 23.7 Å². The van der Waals surface area contributed by atoms with Gasteiger partial charge in [0.05, 0.1) is 11.4 Å². The van der Waals surface area contributed by atoms with Gasteiger partial charge in [-0.1, -0.05) is 22.9 Å². The SMILES string of the molecule is Cc1nn(-c2ccc(Br)cc2)c(C)c1C(C)CN. The first-order valence-corrected chi connectivity index (χ1v) is 6.86. The molecular weight excluding hydrogens is 290 g/mol. The van der Waals surface area contributed by atoms with Crippen LogP contribution in [0.15, 0.2) is 28.7 Å². The fraction of sp³-hybridized carbons (Fsp3) is 0.357. The van der Waals surface area contributed by atoms with Gasteiger partial charge in [0.1, 0.15) is 0 Å². The lowest BCUT2D eigenvalue weighted by Crippen LogP contribution is -2.10. The molecule has 0 fully saturated rings. The van der Waals surface area contributed by atoms with Gasteiger partial charge < -0.3 is 5.73 Å². The number of rotatable bonds is 3. The van der Waals surface area contributed by atoms with Crippen LogP contribution in [-0.2, 0) is 0 Å². The van der Waals surface area contributed by atoms with E-state index >= 15 is 0 Å². The van der Waals surface area contributed by atoms with Gasteiger partial charge in [0.15, 0.2) is 0 Å². The van der Waals surface area contributed by atoms with Crippen molar-refractivity contribution in [2.24, 2.45) is 5.73 Å². The summed E-state index contributed by atoms with van der Waals surface area (Å²) < 4.78 is 3.06. The lowest BCUT2D eigenvalue weighted by molar-refractivity contribution is 0.759. The third-order valence-corrected chi connectivity index (χ3v) is 3.79. The van der Waals surface area contributed by atoms with Crippen LogP contribution in [0.5, 0.6) is 0 Å². The van der Waals surface area contributed by atoms with Gasteiger partial charge in [-0.2, -0.15) is 5.10 Å². The normalized spacial score (nSPS) is 12.7. The first kappa shape index (κ1) is 13.3. The molecule has 0 aliphatic carbocycles. The fourth-order valence-corrected chi connectivity index (χ4v) is 2.58. The van der Waals surface area contributed by atoms with Gasteiger partial charge in [-0.25, -0.2) is 4.68 Å². The number of aromatic nitrogens is 2. The van der Waals surface area contributed by atoms with Crippen LogP contribution < -0.4 is 5.73 Å². The van der Waals surface area contributed by atoms with Crippen molar-refractivity contribution in [1.29, 1.82) is 0 Å². The van der Waals surface area contributed by atoms with E-state index in [1.165, 1.54) is 11.3 Å². The number of nitrogens with two attached hydrogens (primary N) is 1. The fourth-order valence-electron chi connectivity index (χ4n) is 2.32. The molecule has 0 aliphatic heterocycles. The predicted octanol–water partition coefficient (Wildman–Crippen LogP) is 3.31. The number of hydrogen-bond acceptors (Lipinski definition) is 2. The molecule has 0 aliphatic rings. The predicted molar refractivity (Wildman–Crippen MR) is 78.2 cm³/mol. The highest BCUT2D eigenvalue weighted by Crippen LogP contribution is 2.25. The number of hydrogen-bond donors (Lipinski definition) is 1. The number of halogens is 1. The number of nitrogens with zero attached hydrogens (tertiary/aromatic N) is 2. The minimum Gasteiger partial charge on any atom is -0.330 e. The molecule has 1 heterocycles. The summed E-state index contributed by atoms with van der Waals surface area (Å²) in [6.07, 6.45) is 0. The third-order valence-electron chi connectivity index (χ3n) is 3.26. The molecule has 4 heteroatoms. The molecule has 3 nitrogen and oxygen atoms in total. The summed E-state index contributed by atoms with van der Waals surface area (Å²) in [6.45, 7) is 6.93. The number of aryl methyl sites for hydroxylation is 1. The van der Waals surface area contributed by atoms with Crippen LogP contribution in [0.3, 0.4) is 0 Å².